The normalized spacial score (nSPS) is 18.9. The lowest BCUT2D eigenvalue weighted by atomic mass is 9.95. The molecule has 0 amide bonds. The largest absolute Gasteiger partial charge is 0.295 e. The van der Waals surface area contributed by atoms with Crippen LogP contribution in [0.1, 0.15) is 36.5 Å². The zero-order valence-corrected chi connectivity index (χ0v) is 12.3. The van der Waals surface area contributed by atoms with Gasteiger partial charge in [0.25, 0.3) is 0 Å². The maximum Gasteiger partial charge on any atom is 0.240 e. The summed E-state index contributed by atoms with van der Waals surface area (Å²) in [5.41, 5.74) is 0.411. The van der Waals surface area contributed by atoms with Crippen LogP contribution in [0.15, 0.2) is 41.3 Å². The first-order chi connectivity index (χ1) is 9.49. The van der Waals surface area contributed by atoms with E-state index in [0.29, 0.717) is 18.0 Å². The van der Waals surface area contributed by atoms with Gasteiger partial charge in [-0.1, -0.05) is 24.3 Å². The second-order valence-electron chi connectivity index (χ2n) is 5.09. The summed E-state index contributed by atoms with van der Waals surface area (Å²) in [4.78, 5) is 11.5. The Labute approximate surface area is 119 Å². The first kappa shape index (κ1) is 14.9. The molecule has 0 bridgehead atoms. The van der Waals surface area contributed by atoms with Gasteiger partial charge in [-0.25, -0.2) is 13.1 Å². The van der Waals surface area contributed by atoms with Crippen LogP contribution in [0.3, 0.4) is 0 Å². The predicted octanol–water partition coefficient (Wildman–Crippen LogP) is 2.52. The topological polar surface area (TPSA) is 63.2 Å². The number of sulfonamides is 1. The summed E-state index contributed by atoms with van der Waals surface area (Å²) in [5.74, 6) is 0.213. The van der Waals surface area contributed by atoms with Gasteiger partial charge in [0.2, 0.25) is 10.0 Å². The number of carbonyl (C=O) groups excluding carboxylic acids is 1. The minimum absolute atomic E-state index is 0.139. The van der Waals surface area contributed by atoms with E-state index in [0.717, 1.165) is 19.3 Å². The van der Waals surface area contributed by atoms with Crippen molar-refractivity contribution in [1.82, 2.24) is 4.72 Å². The number of nitrogens with one attached hydrogen (secondary N) is 1. The summed E-state index contributed by atoms with van der Waals surface area (Å²) < 4.78 is 27.1. The lowest BCUT2D eigenvalue weighted by Crippen LogP contribution is -2.29. The van der Waals surface area contributed by atoms with Gasteiger partial charge >= 0.3 is 0 Å². The summed E-state index contributed by atoms with van der Waals surface area (Å²) in [7, 11) is -3.54. The summed E-state index contributed by atoms with van der Waals surface area (Å²) >= 11 is 0. The summed E-state index contributed by atoms with van der Waals surface area (Å²) in [6.45, 7) is 1.87. The Morgan fingerprint density at radius 2 is 2.15 bits per heavy atom. The van der Waals surface area contributed by atoms with Crippen LogP contribution < -0.4 is 4.72 Å². The zero-order valence-electron chi connectivity index (χ0n) is 11.5. The molecule has 0 heterocycles. The number of rotatable bonds is 5. The van der Waals surface area contributed by atoms with Crippen LogP contribution in [-0.2, 0) is 10.0 Å². The van der Waals surface area contributed by atoms with Crippen LogP contribution >= 0.6 is 0 Å². The van der Waals surface area contributed by atoms with E-state index in [4.69, 9.17) is 0 Å². The molecular weight excluding hydrogens is 274 g/mol. The molecule has 0 aliphatic heterocycles. The lowest BCUT2D eigenvalue weighted by molar-refractivity contribution is 0.101. The Balaban J connectivity index is 2.07. The van der Waals surface area contributed by atoms with Gasteiger partial charge in [-0.3, -0.25) is 4.79 Å². The molecule has 1 aromatic rings. The molecular formula is C15H19NO3S. The molecule has 5 heteroatoms. The number of hydrogen-bond acceptors (Lipinski definition) is 3. The third-order valence-corrected chi connectivity index (χ3v) is 4.91. The van der Waals surface area contributed by atoms with Crippen molar-refractivity contribution in [2.24, 2.45) is 5.92 Å². The van der Waals surface area contributed by atoms with Crippen LogP contribution in [-0.4, -0.2) is 20.7 Å². The minimum atomic E-state index is -3.54. The van der Waals surface area contributed by atoms with Crippen LogP contribution in [0.2, 0.25) is 0 Å². The van der Waals surface area contributed by atoms with Crippen molar-refractivity contribution in [1.29, 1.82) is 0 Å². The van der Waals surface area contributed by atoms with Gasteiger partial charge in [-0.2, -0.15) is 0 Å². The average Bonchev–Trinajstić information content (AvgIpc) is 2.46. The number of benzene rings is 1. The highest BCUT2D eigenvalue weighted by Crippen LogP contribution is 2.18. The van der Waals surface area contributed by atoms with Gasteiger partial charge in [0, 0.05) is 12.1 Å². The molecule has 20 heavy (non-hydrogen) atoms. The summed E-state index contributed by atoms with van der Waals surface area (Å²) in [5, 5.41) is 0. The molecule has 0 saturated heterocycles. The van der Waals surface area contributed by atoms with Crippen LogP contribution in [0.5, 0.6) is 0 Å². The standard InChI is InChI=1S/C15H19NO3S/c1-12(17)14-8-5-9-15(10-14)20(18,19)16-11-13-6-3-2-4-7-13/h2-3,5,8-10,13,16H,4,6-7,11H2,1H3. The average molecular weight is 293 g/mol. The SMILES string of the molecule is CC(=O)c1cccc(S(=O)(=O)NCC2CC=CCC2)c1. The van der Waals surface area contributed by atoms with E-state index >= 15 is 0 Å². The molecule has 108 valence electrons. The molecule has 0 fully saturated rings. The van der Waals surface area contributed by atoms with E-state index in [2.05, 4.69) is 16.9 Å². The number of carbonyl (C=O) groups is 1. The van der Waals surface area contributed by atoms with Gasteiger partial charge in [0.15, 0.2) is 5.78 Å². The highest BCUT2D eigenvalue weighted by Gasteiger charge is 2.18. The third-order valence-electron chi connectivity index (χ3n) is 3.49. The Morgan fingerprint density at radius 3 is 2.80 bits per heavy atom. The fraction of sp³-hybridized carbons (Fsp3) is 0.400. The van der Waals surface area contributed by atoms with Crippen molar-refractivity contribution in [3.63, 3.8) is 0 Å². The quantitative estimate of drug-likeness (QED) is 0.670. The zero-order chi connectivity index (χ0) is 14.6. The molecule has 0 spiro atoms. The molecule has 1 N–H and O–H groups in total. The van der Waals surface area contributed by atoms with Crippen molar-refractivity contribution in [3.8, 4) is 0 Å². The predicted molar refractivity (Wildman–Crippen MR) is 78.1 cm³/mol. The van der Waals surface area contributed by atoms with E-state index < -0.39 is 10.0 Å². The van der Waals surface area contributed by atoms with E-state index in [1.165, 1.54) is 19.1 Å². The Morgan fingerprint density at radius 1 is 1.35 bits per heavy atom. The lowest BCUT2D eigenvalue weighted by Gasteiger charge is -2.18. The second-order valence-corrected chi connectivity index (χ2v) is 6.85. The summed E-state index contributed by atoms with van der Waals surface area (Å²) in [6.07, 6.45) is 7.15. The van der Waals surface area contributed by atoms with Crippen LogP contribution in [0.4, 0.5) is 0 Å². The first-order valence-electron chi connectivity index (χ1n) is 6.75. The molecule has 1 aliphatic carbocycles. The minimum Gasteiger partial charge on any atom is -0.295 e. The number of Topliss-reactive ketones (excluding diaryl/α,β-unsaturated/α-hetero) is 1. The smallest absolute Gasteiger partial charge is 0.240 e. The molecule has 1 unspecified atom stereocenters. The van der Waals surface area contributed by atoms with Crippen LogP contribution in [0, 0.1) is 5.92 Å². The van der Waals surface area contributed by atoms with Crippen molar-refractivity contribution in [2.75, 3.05) is 6.54 Å². The van der Waals surface area contributed by atoms with Crippen LogP contribution in [0.25, 0.3) is 0 Å². The molecule has 0 aromatic heterocycles. The Kier molecular flexibility index (Phi) is 4.73. The highest BCUT2D eigenvalue weighted by molar-refractivity contribution is 7.89. The monoisotopic (exact) mass is 293 g/mol. The molecule has 2 rings (SSSR count). The van der Waals surface area contributed by atoms with E-state index in [9.17, 15) is 13.2 Å². The Bertz CT molecular complexity index is 620. The molecule has 1 aliphatic rings. The molecule has 0 radical (unpaired) electrons. The Hall–Kier alpha value is -1.46. The molecule has 1 aromatic carbocycles. The van der Waals surface area contributed by atoms with E-state index in [-0.39, 0.29) is 10.7 Å². The maximum absolute atomic E-state index is 12.2. The van der Waals surface area contributed by atoms with Gasteiger partial charge in [0.05, 0.1) is 4.90 Å². The van der Waals surface area contributed by atoms with Crippen molar-refractivity contribution in [2.45, 2.75) is 31.1 Å². The first-order valence-corrected chi connectivity index (χ1v) is 8.23. The van der Waals surface area contributed by atoms with E-state index in [1.807, 2.05) is 0 Å². The van der Waals surface area contributed by atoms with Gasteiger partial charge in [-0.05, 0) is 44.2 Å². The molecule has 1 atom stereocenters. The van der Waals surface area contributed by atoms with Crippen molar-refractivity contribution >= 4 is 15.8 Å². The maximum atomic E-state index is 12.2. The van der Waals surface area contributed by atoms with Crippen molar-refractivity contribution < 1.29 is 13.2 Å². The summed E-state index contributed by atoms with van der Waals surface area (Å²) in [6, 6.07) is 6.14. The molecule has 4 nitrogen and oxygen atoms in total. The molecule has 0 saturated carbocycles. The number of ketones is 1. The third kappa shape index (κ3) is 3.77. The number of hydrogen-bond donors (Lipinski definition) is 1. The highest BCUT2D eigenvalue weighted by atomic mass is 32.2. The van der Waals surface area contributed by atoms with E-state index in [1.54, 1.807) is 12.1 Å². The fourth-order valence-electron chi connectivity index (χ4n) is 2.23. The van der Waals surface area contributed by atoms with Crippen molar-refractivity contribution in [3.05, 3.63) is 42.0 Å². The second kappa shape index (κ2) is 6.33. The fourth-order valence-corrected chi connectivity index (χ4v) is 3.40. The van der Waals surface area contributed by atoms with Gasteiger partial charge in [0.1, 0.15) is 0 Å². The number of allylic oxidation sites excluding steroid dienone is 2. The van der Waals surface area contributed by atoms with Gasteiger partial charge < -0.3 is 0 Å². The van der Waals surface area contributed by atoms with Gasteiger partial charge in [-0.15, -0.1) is 0 Å².